The molecule has 0 bridgehead atoms. The Hall–Kier alpha value is -3.01. The van der Waals surface area contributed by atoms with E-state index >= 15 is 0 Å². The summed E-state index contributed by atoms with van der Waals surface area (Å²) in [5.74, 6) is -1.94. The Morgan fingerprint density at radius 3 is 2.20 bits per heavy atom. The molecule has 0 amide bonds. The van der Waals surface area contributed by atoms with Crippen molar-refractivity contribution >= 4 is 23.5 Å². The fourth-order valence-corrected chi connectivity index (χ4v) is 2.19. The molecule has 1 aromatic heterocycles. The maximum absolute atomic E-state index is 12.6. The summed E-state index contributed by atoms with van der Waals surface area (Å²) in [6.45, 7) is 3.84. The fourth-order valence-electron chi connectivity index (χ4n) is 1.98. The molecule has 0 spiro atoms. The Kier molecular flexibility index (Phi) is 6.81. The number of alkyl halides is 3. The second-order valence-corrected chi connectivity index (χ2v) is 6.99. The highest BCUT2D eigenvalue weighted by Crippen LogP contribution is 2.34. The van der Waals surface area contributed by atoms with Gasteiger partial charge in [-0.05, 0) is 51.1 Å². The maximum atomic E-state index is 12.6. The Morgan fingerprint density at radius 1 is 1.13 bits per heavy atom. The molecule has 2 rings (SSSR count). The van der Waals surface area contributed by atoms with E-state index in [1.165, 1.54) is 45.0 Å². The highest BCUT2D eigenvalue weighted by Gasteiger charge is 2.34. The molecule has 1 aromatic carbocycles. The van der Waals surface area contributed by atoms with Crippen LogP contribution < -0.4 is 9.47 Å². The lowest BCUT2D eigenvalue weighted by Crippen LogP contribution is -2.41. The lowest BCUT2D eigenvalue weighted by molar-refractivity contribution is -0.178. The van der Waals surface area contributed by atoms with Crippen LogP contribution in [0, 0.1) is 0 Å². The number of rotatable bonds is 7. The van der Waals surface area contributed by atoms with E-state index in [9.17, 15) is 22.8 Å². The van der Waals surface area contributed by atoms with Gasteiger partial charge in [-0.1, -0.05) is 11.6 Å². The van der Waals surface area contributed by atoms with Gasteiger partial charge in [0.15, 0.2) is 6.10 Å². The van der Waals surface area contributed by atoms with Crippen molar-refractivity contribution < 1.29 is 42.1 Å². The van der Waals surface area contributed by atoms with Gasteiger partial charge in [-0.25, -0.2) is 14.6 Å². The van der Waals surface area contributed by atoms with Crippen LogP contribution in [0.3, 0.4) is 0 Å². The minimum Gasteiger partial charge on any atom is -0.479 e. The first-order valence-corrected chi connectivity index (χ1v) is 8.81. The monoisotopic (exact) mass is 447 g/mol. The number of halogens is 4. The van der Waals surface area contributed by atoms with E-state index in [0.717, 1.165) is 0 Å². The van der Waals surface area contributed by atoms with Crippen LogP contribution in [0.15, 0.2) is 36.5 Å². The van der Waals surface area contributed by atoms with Crippen molar-refractivity contribution in [2.45, 2.75) is 38.7 Å². The Labute approximate surface area is 174 Å². The van der Waals surface area contributed by atoms with Crippen LogP contribution in [0.5, 0.6) is 17.4 Å². The Morgan fingerprint density at radius 2 is 1.70 bits per heavy atom. The van der Waals surface area contributed by atoms with Crippen LogP contribution in [0.25, 0.3) is 0 Å². The van der Waals surface area contributed by atoms with Gasteiger partial charge in [-0.15, -0.1) is 0 Å². The average Bonchev–Trinajstić information content (AvgIpc) is 2.63. The smallest absolute Gasteiger partial charge is 0.417 e. The Bertz CT molecular complexity index is 931. The third-order valence-corrected chi connectivity index (χ3v) is 3.96. The molecule has 2 aromatic rings. The van der Waals surface area contributed by atoms with Gasteiger partial charge in [0.2, 0.25) is 11.5 Å². The summed E-state index contributed by atoms with van der Waals surface area (Å²) in [6, 6.07) is 6.40. The summed E-state index contributed by atoms with van der Waals surface area (Å²) >= 11 is 5.79. The molecule has 162 valence electrons. The molecule has 0 fully saturated rings. The first-order chi connectivity index (χ1) is 13.8. The normalized spacial score (nSPS) is 12.8. The summed E-state index contributed by atoms with van der Waals surface area (Å²) in [6.07, 6.45) is -5.07. The molecule has 1 heterocycles. The number of aliphatic carboxylic acids is 1. The molecule has 30 heavy (non-hydrogen) atoms. The third-order valence-electron chi connectivity index (χ3n) is 3.69. The van der Waals surface area contributed by atoms with Gasteiger partial charge >= 0.3 is 18.1 Å². The minimum atomic E-state index is -4.58. The highest BCUT2D eigenvalue weighted by molar-refractivity contribution is 6.31. The number of hydrogen-bond donors (Lipinski definition) is 1. The minimum absolute atomic E-state index is 0.207. The van der Waals surface area contributed by atoms with Crippen LogP contribution >= 0.6 is 11.6 Å². The second kappa shape index (κ2) is 8.78. The van der Waals surface area contributed by atoms with E-state index in [-0.39, 0.29) is 22.4 Å². The molecular formula is C19H17ClF3NO6. The fraction of sp³-hybridized carbons (Fsp3) is 0.316. The SMILES string of the molecule is CC(Oc1ccc(Oc2ncc(C(F)(F)F)cc2Cl)cc1)C(=O)OC(C)(C)C(=O)O. The first kappa shape index (κ1) is 23.3. The lowest BCUT2D eigenvalue weighted by atomic mass is 10.1. The first-order valence-electron chi connectivity index (χ1n) is 8.43. The number of esters is 1. The maximum Gasteiger partial charge on any atom is 0.417 e. The third kappa shape index (κ3) is 5.99. The van der Waals surface area contributed by atoms with Crippen LogP contribution in [-0.4, -0.2) is 33.7 Å². The number of carboxylic acid groups (broad SMARTS) is 1. The van der Waals surface area contributed by atoms with E-state index in [4.69, 9.17) is 30.9 Å². The van der Waals surface area contributed by atoms with Gasteiger partial charge < -0.3 is 19.3 Å². The molecule has 0 aliphatic carbocycles. The summed E-state index contributed by atoms with van der Waals surface area (Å²) in [5, 5.41) is 8.67. The molecule has 0 saturated carbocycles. The summed E-state index contributed by atoms with van der Waals surface area (Å²) in [7, 11) is 0. The van der Waals surface area contributed by atoms with E-state index in [1.807, 2.05) is 0 Å². The van der Waals surface area contributed by atoms with Crippen molar-refractivity contribution in [1.29, 1.82) is 0 Å². The number of carboxylic acids is 1. The van der Waals surface area contributed by atoms with Crippen molar-refractivity contribution in [3.8, 4) is 17.4 Å². The van der Waals surface area contributed by atoms with Gasteiger partial charge in [-0.3, -0.25) is 0 Å². The number of aromatic nitrogens is 1. The number of pyridine rings is 1. The van der Waals surface area contributed by atoms with Crippen LogP contribution in [0.1, 0.15) is 26.3 Å². The number of hydrogen-bond acceptors (Lipinski definition) is 6. The number of ether oxygens (including phenoxy) is 3. The molecule has 1 N–H and O–H groups in total. The van der Waals surface area contributed by atoms with Crippen molar-refractivity contribution in [1.82, 2.24) is 4.98 Å². The predicted molar refractivity (Wildman–Crippen MR) is 98.7 cm³/mol. The number of benzene rings is 1. The largest absolute Gasteiger partial charge is 0.479 e. The molecule has 11 heteroatoms. The Balaban J connectivity index is 2.02. The lowest BCUT2D eigenvalue weighted by Gasteiger charge is -2.22. The predicted octanol–water partition coefficient (Wildman–Crippen LogP) is 4.72. The zero-order chi connectivity index (χ0) is 22.7. The topological polar surface area (TPSA) is 95.0 Å². The van der Waals surface area contributed by atoms with E-state index in [2.05, 4.69) is 4.98 Å². The molecule has 0 aliphatic heterocycles. The standard InChI is InChI=1S/C19H17ClF3NO6/c1-10(16(25)30-18(2,3)17(26)27)28-12-4-6-13(7-5-12)29-15-14(20)8-11(9-24-15)19(21,22)23/h4-10H,1-3H3,(H,26,27). The highest BCUT2D eigenvalue weighted by atomic mass is 35.5. The van der Waals surface area contributed by atoms with Gasteiger partial charge in [0, 0.05) is 6.20 Å². The molecule has 0 radical (unpaired) electrons. The second-order valence-electron chi connectivity index (χ2n) is 6.58. The molecule has 1 unspecified atom stereocenters. The molecule has 7 nitrogen and oxygen atoms in total. The average molecular weight is 448 g/mol. The number of carbonyl (C=O) groups is 2. The van der Waals surface area contributed by atoms with Crippen LogP contribution in [0.2, 0.25) is 5.02 Å². The molecule has 0 saturated heterocycles. The summed E-state index contributed by atoms with van der Waals surface area (Å²) in [4.78, 5) is 26.6. The van der Waals surface area contributed by atoms with Crippen LogP contribution in [-0.2, 0) is 20.5 Å². The zero-order valence-corrected chi connectivity index (χ0v) is 16.7. The van der Waals surface area contributed by atoms with E-state index in [1.54, 1.807) is 0 Å². The van der Waals surface area contributed by atoms with Crippen molar-refractivity contribution in [3.63, 3.8) is 0 Å². The van der Waals surface area contributed by atoms with Crippen LogP contribution in [0.4, 0.5) is 13.2 Å². The van der Waals surface area contributed by atoms with Crippen molar-refractivity contribution in [2.24, 2.45) is 0 Å². The molecular weight excluding hydrogens is 431 g/mol. The van der Waals surface area contributed by atoms with E-state index in [0.29, 0.717) is 12.3 Å². The summed E-state index contributed by atoms with van der Waals surface area (Å²) < 4.78 is 53.6. The van der Waals surface area contributed by atoms with Crippen molar-refractivity contribution in [2.75, 3.05) is 0 Å². The van der Waals surface area contributed by atoms with Gasteiger partial charge in [0.1, 0.15) is 16.5 Å². The zero-order valence-electron chi connectivity index (χ0n) is 16.0. The van der Waals surface area contributed by atoms with Gasteiger partial charge in [0.05, 0.1) is 5.56 Å². The number of carbonyl (C=O) groups excluding carboxylic acids is 1. The quantitative estimate of drug-likeness (QED) is 0.613. The molecule has 1 atom stereocenters. The number of nitrogens with zero attached hydrogens (tertiary/aromatic N) is 1. The van der Waals surface area contributed by atoms with E-state index < -0.39 is 35.4 Å². The van der Waals surface area contributed by atoms with Crippen molar-refractivity contribution in [3.05, 3.63) is 47.1 Å². The van der Waals surface area contributed by atoms with Gasteiger partial charge in [0.25, 0.3) is 0 Å². The molecule has 0 aliphatic rings. The summed E-state index contributed by atoms with van der Waals surface area (Å²) in [5.41, 5.74) is -2.71. The van der Waals surface area contributed by atoms with Gasteiger partial charge in [-0.2, -0.15) is 13.2 Å².